The van der Waals surface area contributed by atoms with E-state index in [2.05, 4.69) is 10.2 Å². The molecule has 154 valence electrons. The summed E-state index contributed by atoms with van der Waals surface area (Å²) in [6, 6.07) is 11.8. The second kappa shape index (κ2) is 9.81. The minimum absolute atomic E-state index is 0.0831. The molecular weight excluding hydrogens is 433 g/mol. The SMILES string of the molecule is CC(C(=O)Nc1cccc(Cl)c1Cl)N1CCCN(C(=O)c2ccccc2Cl)CC1. The van der Waals surface area contributed by atoms with Gasteiger partial charge in [0.25, 0.3) is 5.91 Å². The van der Waals surface area contributed by atoms with Crippen molar-refractivity contribution in [3.05, 3.63) is 63.1 Å². The van der Waals surface area contributed by atoms with Crippen molar-refractivity contribution in [3.8, 4) is 0 Å². The first-order chi connectivity index (χ1) is 13.9. The van der Waals surface area contributed by atoms with Gasteiger partial charge >= 0.3 is 0 Å². The monoisotopic (exact) mass is 453 g/mol. The molecule has 1 N–H and O–H groups in total. The van der Waals surface area contributed by atoms with Crippen LogP contribution in [0.25, 0.3) is 0 Å². The Balaban J connectivity index is 1.62. The van der Waals surface area contributed by atoms with Gasteiger partial charge in [0.2, 0.25) is 5.91 Å². The average Bonchev–Trinajstić information content (AvgIpc) is 2.97. The molecule has 0 spiro atoms. The van der Waals surface area contributed by atoms with Crippen LogP contribution in [0.4, 0.5) is 5.69 Å². The first-order valence-electron chi connectivity index (χ1n) is 9.41. The van der Waals surface area contributed by atoms with Gasteiger partial charge in [0.15, 0.2) is 0 Å². The molecule has 1 aliphatic heterocycles. The molecule has 2 aromatic rings. The first-order valence-corrected chi connectivity index (χ1v) is 10.5. The molecule has 1 unspecified atom stereocenters. The molecule has 2 amide bonds. The second-order valence-corrected chi connectivity index (χ2v) is 8.12. The van der Waals surface area contributed by atoms with Crippen molar-refractivity contribution in [1.29, 1.82) is 0 Å². The summed E-state index contributed by atoms with van der Waals surface area (Å²) in [6.45, 7) is 4.30. The molecule has 1 fully saturated rings. The normalized spacial score (nSPS) is 16.2. The maximum Gasteiger partial charge on any atom is 0.255 e. The maximum absolute atomic E-state index is 12.8. The van der Waals surface area contributed by atoms with Crippen molar-refractivity contribution in [2.24, 2.45) is 0 Å². The van der Waals surface area contributed by atoms with E-state index >= 15 is 0 Å². The number of anilines is 1. The summed E-state index contributed by atoms with van der Waals surface area (Å²) >= 11 is 18.3. The quantitative estimate of drug-likeness (QED) is 0.720. The Bertz CT molecular complexity index is 906. The van der Waals surface area contributed by atoms with Crippen molar-refractivity contribution in [1.82, 2.24) is 9.80 Å². The number of carbonyl (C=O) groups is 2. The topological polar surface area (TPSA) is 52.7 Å². The third kappa shape index (κ3) is 5.23. The largest absolute Gasteiger partial charge is 0.337 e. The zero-order chi connectivity index (χ0) is 21.0. The van der Waals surface area contributed by atoms with E-state index in [1.54, 1.807) is 47.4 Å². The van der Waals surface area contributed by atoms with E-state index in [4.69, 9.17) is 34.8 Å². The molecule has 0 radical (unpaired) electrons. The highest BCUT2D eigenvalue weighted by Gasteiger charge is 2.27. The minimum atomic E-state index is -0.375. The van der Waals surface area contributed by atoms with Crippen LogP contribution in [0, 0.1) is 0 Å². The third-order valence-electron chi connectivity index (χ3n) is 5.06. The molecule has 2 aromatic carbocycles. The van der Waals surface area contributed by atoms with Gasteiger partial charge in [-0.2, -0.15) is 0 Å². The molecule has 0 saturated carbocycles. The van der Waals surface area contributed by atoms with Crippen LogP contribution in [0.1, 0.15) is 23.7 Å². The molecule has 29 heavy (non-hydrogen) atoms. The van der Waals surface area contributed by atoms with Crippen LogP contribution in [0.5, 0.6) is 0 Å². The van der Waals surface area contributed by atoms with Gasteiger partial charge in [-0.25, -0.2) is 0 Å². The Labute approximate surface area is 185 Å². The van der Waals surface area contributed by atoms with Crippen LogP contribution in [-0.2, 0) is 4.79 Å². The Kier molecular flexibility index (Phi) is 7.41. The van der Waals surface area contributed by atoms with Gasteiger partial charge < -0.3 is 10.2 Å². The average molecular weight is 455 g/mol. The Hall–Kier alpha value is -1.79. The van der Waals surface area contributed by atoms with E-state index < -0.39 is 0 Å². The molecule has 0 bridgehead atoms. The van der Waals surface area contributed by atoms with Crippen molar-refractivity contribution in [2.45, 2.75) is 19.4 Å². The van der Waals surface area contributed by atoms with Crippen molar-refractivity contribution in [3.63, 3.8) is 0 Å². The van der Waals surface area contributed by atoms with Gasteiger partial charge in [-0.15, -0.1) is 0 Å². The summed E-state index contributed by atoms with van der Waals surface area (Å²) in [6.07, 6.45) is 0.770. The molecule has 1 atom stereocenters. The molecule has 1 heterocycles. The fourth-order valence-corrected chi connectivity index (χ4v) is 3.90. The second-order valence-electron chi connectivity index (χ2n) is 6.93. The van der Waals surface area contributed by atoms with E-state index in [1.165, 1.54) is 0 Å². The number of nitrogens with zero attached hydrogens (tertiary/aromatic N) is 2. The van der Waals surface area contributed by atoms with E-state index in [0.29, 0.717) is 52.5 Å². The summed E-state index contributed by atoms with van der Waals surface area (Å²) in [5.74, 6) is -0.250. The van der Waals surface area contributed by atoms with Crippen molar-refractivity contribution >= 4 is 52.3 Å². The highest BCUT2D eigenvalue weighted by atomic mass is 35.5. The zero-order valence-electron chi connectivity index (χ0n) is 16.0. The van der Waals surface area contributed by atoms with E-state index in [-0.39, 0.29) is 17.9 Å². The van der Waals surface area contributed by atoms with Gasteiger partial charge in [0.05, 0.1) is 32.4 Å². The number of carbonyl (C=O) groups excluding carboxylic acids is 2. The number of nitrogens with one attached hydrogen (secondary N) is 1. The van der Waals surface area contributed by atoms with Crippen molar-refractivity contribution in [2.75, 3.05) is 31.5 Å². The molecule has 8 heteroatoms. The lowest BCUT2D eigenvalue weighted by atomic mass is 10.2. The zero-order valence-corrected chi connectivity index (χ0v) is 18.3. The first kappa shape index (κ1) is 21.9. The number of amides is 2. The van der Waals surface area contributed by atoms with Gasteiger partial charge in [-0.05, 0) is 37.6 Å². The van der Waals surface area contributed by atoms with Crippen LogP contribution in [0.15, 0.2) is 42.5 Å². The summed E-state index contributed by atoms with van der Waals surface area (Å²) in [4.78, 5) is 29.4. The summed E-state index contributed by atoms with van der Waals surface area (Å²) in [7, 11) is 0. The summed E-state index contributed by atoms with van der Waals surface area (Å²) < 4.78 is 0. The molecule has 3 rings (SSSR count). The van der Waals surface area contributed by atoms with Crippen molar-refractivity contribution < 1.29 is 9.59 Å². The maximum atomic E-state index is 12.8. The highest BCUT2D eigenvalue weighted by Crippen LogP contribution is 2.29. The highest BCUT2D eigenvalue weighted by molar-refractivity contribution is 6.44. The number of rotatable bonds is 4. The van der Waals surface area contributed by atoms with Crippen LogP contribution in [0.3, 0.4) is 0 Å². The fraction of sp³-hybridized carbons (Fsp3) is 0.333. The van der Waals surface area contributed by atoms with Crippen LogP contribution in [-0.4, -0.2) is 53.8 Å². The predicted octanol–water partition coefficient (Wildman–Crippen LogP) is 4.82. The molecule has 1 aliphatic rings. The Morgan fingerprint density at radius 3 is 2.41 bits per heavy atom. The Morgan fingerprint density at radius 1 is 0.931 bits per heavy atom. The Morgan fingerprint density at radius 2 is 1.66 bits per heavy atom. The molecule has 5 nitrogen and oxygen atoms in total. The molecule has 1 saturated heterocycles. The van der Waals surface area contributed by atoms with Gasteiger partial charge in [0.1, 0.15) is 0 Å². The lowest BCUT2D eigenvalue weighted by molar-refractivity contribution is -0.120. The predicted molar refractivity (Wildman–Crippen MR) is 118 cm³/mol. The van der Waals surface area contributed by atoms with Gasteiger partial charge in [-0.1, -0.05) is 53.0 Å². The third-order valence-corrected chi connectivity index (χ3v) is 6.21. The standard InChI is InChI=1S/C21H22Cl3N3O2/c1-14(20(28)25-18-9-4-8-17(23)19(18)24)26-10-5-11-27(13-12-26)21(29)15-6-2-3-7-16(15)22/h2-4,6-9,14H,5,10-13H2,1H3,(H,25,28). The smallest absolute Gasteiger partial charge is 0.255 e. The fourth-order valence-electron chi connectivity index (χ4n) is 3.34. The molecular formula is C21H22Cl3N3O2. The number of hydrogen-bond acceptors (Lipinski definition) is 3. The van der Waals surface area contributed by atoms with Gasteiger partial charge in [0, 0.05) is 26.2 Å². The summed E-state index contributed by atoms with van der Waals surface area (Å²) in [5.41, 5.74) is 0.991. The van der Waals surface area contributed by atoms with E-state index in [0.717, 1.165) is 6.42 Å². The molecule has 0 aliphatic carbocycles. The minimum Gasteiger partial charge on any atom is -0.337 e. The van der Waals surface area contributed by atoms with E-state index in [9.17, 15) is 9.59 Å². The number of halogens is 3. The van der Waals surface area contributed by atoms with Crippen LogP contribution >= 0.6 is 34.8 Å². The van der Waals surface area contributed by atoms with Crippen LogP contribution < -0.4 is 5.32 Å². The van der Waals surface area contributed by atoms with Crippen LogP contribution in [0.2, 0.25) is 15.1 Å². The summed E-state index contributed by atoms with van der Waals surface area (Å²) in [5, 5.41) is 4.00. The van der Waals surface area contributed by atoms with E-state index in [1.807, 2.05) is 6.92 Å². The lowest BCUT2D eigenvalue weighted by Crippen LogP contribution is -2.44. The number of hydrogen-bond donors (Lipinski definition) is 1. The molecule has 0 aromatic heterocycles. The lowest BCUT2D eigenvalue weighted by Gasteiger charge is -2.27. The van der Waals surface area contributed by atoms with Gasteiger partial charge in [-0.3, -0.25) is 14.5 Å². The number of benzene rings is 2.